The molecule has 1 aromatic heterocycles. The quantitative estimate of drug-likeness (QED) is 0.846. The summed E-state index contributed by atoms with van der Waals surface area (Å²) in [7, 11) is 1.51. The molecule has 0 saturated heterocycles. The lowest BCUT2D eigenvalue weighted by molar-refractivity contribution is 0.0995. The fraction of sp³-hybridized carbons (Fsp3) is 0.143. The van der Waals surface area contributed by atoms with Crippen LogP contribution in [0.1, 0.15) is 21.7 Å². The number of carbonyl (C=O) groups excluding carboxylic acids is 1. The highest BCUT2D eigenvalue weighted by Gasteiger charge is 2.18. The number of benzene rings is 1. The predicted octanol–water partition coefficient (Wildman–Crippen LogP) is 2.48. The normalized spacial score (nSPS) is 10.1. The summed E-state index contributed by atoms with van der Waals surface area (Å²) < 4.78 is 10.4. The third-order valence-electron chi connectivity index (χ3n) is 2.82. The number of nitrogens with two attached hydrogens (primary N) is 1. The molecule has 6 heteroatoms. The summed E-state index contributed by atoms with van der Waals surface area (Å²) in [6, 6.07) is 6.90. The van der Waals surface area contributed by atoms with Crippen LogP contribution in [-0.2, 0) is 0 Å². The molecular formula is C14H14N2O3S. The van der Waals surface area contributed by atoms with Crippen molar-refractivity contribution in [1.29, 1.82) is 0 Å². The van der Waals surface area contributed by atoms with E-state index >= 15 is 0 Å². The Kier molecular flexibility index (Phi) is 4.05. The standard InChI is InChI=1S/C14H14N2O3S/c1-8-6-7-19-12(8)14(17)16-11-9(13(15)20)4-3-5-10(11)18-2/h3-7H,1-2H3,(H2,15,20)(H,16,17). The van der Waals surface area contributed by atoms with Crippen molar-refractivity contribution in [3.63, 3.8) is 0 Å². The van der Waals surface area contributed by atoms with Crippen LogP contribution in [-0.4, -0.2) is 18.0 Å². The van der Waals surface area contributed by atoms with Gasteiger partial charge in [-0.2, -0.15) is 0 Å². The van der Waals surface area contributed by atoms with Crippen molar-refractivity contribution in [2.45, 2.75) is 6.92 Å². The van der Waals surface area contributed by atoms with Gasteiger partial charge in [0.05, 0.1) is 19.1 Å². The number of amides is 1. The molecule has 0 bridgehead atoms. The monoisotopic (exact) mass is 290 g/mol. The van der Waals surface area contributed by atoms with Gasteiger partial charge in [0.2, 0.25) is 0 Å². The van der Waals surface area contributed by atoms with Gasteiger partial charge in [0.1, 0.15) is 10.7 Å². The molecule has 0 unspecified atom stereocenters. The Morgan fingerprint density at radius 2 is 2.15 bits per heavy atom. The number of rotatable bonds is 4. The first-order valence-electron chi connectivity index (χ1n) is 5.87. The van der Waals surface area contributed by atoms with E-state index in [1.54, 1.807) is 31.2 Å². The van der Waals surface area contributed by atoms with Crippen LogP contribution in [0.3, 0.4) is 0 Å². The minimum Gasteiger partial charge on any atom is -0.495 e. The molecule has 20 heavy (non-hydrogen) atoms. The number of hydrogen-bond donors (Lipinski definition) is 2. The first kappa shape index (κ1) is 14.1. The van der Waals surface area contributed by atoms with Gasteiger partial charge in [-0.05, 0) is 25.1 Å². The maximum atomic E-state index is 12.2. The smallest absolute Gasteiger partial charge is 0.291 e. The molecule has 0 atom stereocenters. The Bertz CT molecular complexity index is 664. The highest BCUT2D eigenvalue weighted by Crippen LogP contribution is 2.29. The van der Waals surface area contributed by atoms with E-state index in [2.05, 4.69) is 5.32 Å². The summed E-state index contributed by atoms with van der Waals surface area (Å²) in [5.41, 5.74) is 7.38. The van der Waals surface area contributed by atoms with Crippen molar-refractivity contribution in [3.8, 4) is 5.75 Å². The van der Waals surface area contributed by atoms with Gasteiger partial charge in [-0.25, -0.2) is 0 Å². The first-order chi connectivity index (χ1) is 9.54. The average Bonchev–Trinajstić information content (AvgIpc) is 2.85. The van der Waals surface area contributed by atoms with Crippen LogP contribution in [0.2, 0.25) is 0 Å². The highest BCUT2D eigenvalue weighted by molar-refractivity contribution is 7.80. The molecule has 0 spiro atoms. The maximum Gasteiger partial charge on any atom is 0.291 e. The topological polar surface area (TPSA) is 77.5 Å². The lowest BCUT2D eigenvalue weighted by Crippen LogP contribution is -2.18. The Hall–Kier alpha value is -2.34. The van der Waals surface area contributed by atoms with Gasteiger partial charge >= 0.3 is 0 Å². The van der Waals surface area contributed by atoms with E-state index in [4.69, 9.17) is 27.1 Å². The zero-order valence-corrected chi connectivity index (χ0v) is 11.9. The van der Waals surface area contributed by atoms with E-state index in [9.17, 15) is 4.79 Å². The number of anilines is 1. The SMILES string of the molecule is COc1cccc(C(N)=S)c1NC(=O)c1occc1C. The van der Waals surface area contributed by atoms with Gasteiger partial charge in [0.15, 0.2) is 5.76 Å². The van der Waals surface area contributed by atoms with E-state index in [0.29, 0.717) is 17.0 Å². The zero-order chi connectivity index (χ0) is 14.7. The van der Waals surface area contributed by atoms with Crippen LogP contribution >= 0.6 is 12.2 Å². The largest absolute Gasteiger partial charge is 0.495 e. The van der Waals surface area contributed by atoms with Crippen molar-refractivity contribution >= 4 is 28.8 Å². The minimum atomic E-state index is -0.380. The molecule has 0 aliphatic heterocycles. The first-order valence-corrected chi connectivity index (χ1v) is 6.27. The summed E-state index contributed by atoms with van der Waals surface area (Å²) in [5.74, 6) is 0.340. The van der Waals surface area contributed by atoms with Crippen molar-refractivity contribution in [1.82, 2.24) is 0 Å². The molecule has 1 amide bonds. The van der Waals surface area contributed by atoms with E-state index in [1.165, 1.54) is 13.4 Å². The Labute approximate surface area is 121 Å². The molecular weight excluding hydrogens is 276 g/mol. The zero-order valence-electron chi connectivity index (χ0n) is 11.1. The highest BCUT2D eigenvalue weighted by atomic mass is 32.1. The van der Waals surface area contributed by atoms with Gasteiger partial charge in [-0.3, -0.25) is 4.79 Å². The summed E-state index contributed by atoms with van der Waals surface area (Å²) in [4.78, 5) is 12.4. The number of hydrogen-bond acceptors (Lipinski definition) is 4. The Balaban J connectivity index is 2.40. The second-order valence-corrected chi connectivity index (χ2v) is 4.57. The molecule has 2 rings (SSSR count). The van der Waals surface area contributed by atoms with Crippen LogP contribution in [0.4, 0.5) is 5.69 Å². The maximum absolute atomic E-state index is 12.2. The van der Waals surface area contributed by atoms with Crippen molar-refractivity contribution in [2.75, 3.05) is 12.4 Å². The average molecular weight is 290 g/mol. The number of para-hydroxylation sites is 1. The number of methoxy groups -OCH3 is 1. The summed E-state index contributed by atoms with van der Waals surface area (Å²) in [6.45, 7) is 1.79. The van der Waals surface area contributed by atoms with Gasteiger partial charge in [-0.15, -0.1) is 0 Å². The van der Waals surface area contributed by atoms with Crippen LogP contribution in [0, 0.1) is 6.92 Å². The summed E-state index contributed by atoms with van der Waals surface area (Å²) >= 11 is 4.98. The van der Waals surface area contributed by atoms with E-state index in [1.807, 2.05) is 0 Å². The van der Waals surface area contributed by atoms with Crippen LogP contribution in [0.25, 0.3) is 0 Å². The van der Waals surface area contributed by atoms with Gasteiger partial charge in [0, 0.05) is 11.1 Å². The molecule has 1 heterocycles. The number of carbonyl (C=O) groups is 1. The third-order valence-corrected chi connectivity index (χ3v) is 3.04. The molecule has 104 valence electrons. The molecule has 0 aliphatic rings. The van der Waals surface area contributed by atoms with Crippen LogP contribution < -0.4 is 15.8 Å². The predicted molar refractivity (Wildman–Crippen MR) is 80.3 cm³/mol. The molecule has 2 aromatic rings. The molecule has 1 aromatic carbocycles. The van der Waals surface area contributed by atoms with Gasteiger partial charge in [0.25, 0.3) is 5.91 Å². The molecule has 0 saturated carbocycles. The van der Waals surface area contributed by atoms with Crippen LogP contribution in [0.15, 0.2) is 34.9 Å². The van der Waals surface area contributed by atoms with Crippen molar-refractivity contribution in [2.24, 2.45) is 5.73 Å². The van der Waals surface area contributed by atoms with E-state index < -0.39 is 0 Å². The van der Waals surface area contributed by atoms with Gasteiger partial charge < -0.3 is 20.2 Å². The Morgan fingerprint density at radius 3 is 2.70 bits per heavy atom. The molecule has 5 nitrogen and oxygen atoms in total. The fourth-order valence-corrected chi connectivity index (χ4v) is 1.98. The van der Waals surface area contributed by atoms with E-state index in [-0.39, 0.29) is 16.7 Å². The molecule has 0 aliphatic carbocycles. The second-order valence-electron chi connectivity index (χ2n) is 4.13. The van der Waals surface area contributed by atoms with E-state index in [0.717, 1.165) is 5.56 Å². The lowest BCUT2D eigenvalue weighted by atomic mass is 10.1. The number of thiocarbonyl (C=S) groups is 1. The molecule has 0 radical (unpaired) electrons. The van der Waals surface area contributed by atoms with Crippen molar-refractivity contribution < 1.29 is 13.9 Å². The summed E-state index contributed by atoms with van der Waals surface area (Å²) in [5, 5.41) is 2.73. The minimum absolute atomic E-state index is 0.176. The fourth-order valence-electron chi connectivity index (χ4n) is 1.81. The number of nitrogens with one attached hydrogen (secondary N) is 1. The number of ether oxygens (including phenoxy) is 1. The number of furan rings is 1. The molecule has 3 N–H and O–H groups in total. The van der Waals surface area contributed by atoms with Crippen LogP contribution in [0.5, 0.6) is 5.75 Å². The van der Waals surface area contributed by atoms with Crippen molar-refractivity contribution in [3.05, 3.63) is 47.4 Å². The van der Waals surface area contributed by atoms with Gasteiger partial charge in [-0.1, -0.05) is 18.3 Å². The molecule has 0 fully saturated rings. The lowest BCUT2D eigenvalue weighted by Gasteiger charge is -2.13. The summed E-state index contributed by atoms with van der Waals surface area (Å²) in [6.07, 6.45) is 1.46. The number of aryl methyl sites for hydroxylation is 1. The Morgan fingerprint density at radius 1 is 1.40 bits per heavy atom. The second kappa shape index (κ2) is 5.75. The third kappa shape index (κ3) is 2.65.